The number of anilines is 1. The molecular formula is C10H11ClFNO2. The molecule has 0 spiro atoms. The largest absolute Gasteiger partial charge is 0.480 e. The molecule has 15 heavy (non-hydrogen) atoms. The second-order valence-corrected chi connectivity index (χ2v) is 3.50. The number of benzene rings is 1. The van der Waals surface area contributed by atoms with Gasteiger partial charge in [-0.05, 0) is 24.6 Å². The molecule has 0 fully saturated rings. The molecule has 0 aliphatic carbocycles. The zero-order chi connectivity index (χ0) is 11.4. The summed E-state index contributed by atoms with van der Waals surface area (Å²) in [7, 11) is 0. The lowest BCUT2D eigenvalue weighted by Crippen LogP contribution is -2.28. The molecule has 1 rings (SSSR count). The van der Waals surface area contributed by atoms with Gasteiger partial charge in [-0.25, -0.2) is 9.18 Å². The lowest BCUT2D eigenvalue weighted by Gasteiger charge is -2.14. The molecule has 0 bridgehead atoms. The van der Waals surface area contributed by atoms with Gasteiger partial charge in [-0.2, -0.15) is 0 Å². The molecule has 1 aromatic carbocycles. The van der Waals surface area contributed by atoms with Crippen LogP contribution >= 0.6 is 11.6 Å². The monoisotopic (exact) mass is 231 g/mol. The van der Waals surface area contributed by atoms with E-state index in [-0.39, 0.29) is 5.69 Å². The minimum atomic E-state index is -1.02. The van der Waals surface area contributed by atoms with Gasteiger partial charge >= 0.3 is 5.97 Å². The zero-order valence-electron chi connectivity index (χ0n) is 8.13. The molecule has 0 saturated heterocycles. The Hall–Kier alpha value is -1.29. The molecule has 1 unspecified atom stereocenters. The highest BCUT2D eigenvalue weighted by molar-refractivity contribution is 6.30. The summed E-state index contributed by atoms with van der Waals surface area (Å²) in [4.78, 5) is 10.7. The minimum Gasteiger partial charge on any atom is -0.480 e. The van der Waals surface area contributed by atoms with Gasteiger partial charge in [0, 0.05) is 5.02 Å². The van der Waals surface area contributed by atoms with Crippen LogP contribution < -0.4 is 5.32 Å². The average Bonchev–Trinajstić information content (AvgIpc) is 2.18. The van der Waals surface area contributed by atoms with Gasteiger partial charge in [-0.1, -0.05) is 18.5 Å². The molecule has 5 heteroatoms. The van der Waals surface area contributed by atoms with Gasteiger partial charge in [0.1, 0.15) is 11.9 Å². The Morgan fingerprint density at radius 3 is 2.87 bits per heavy atom. The van der Waals surface area contributed by atoms with E-state index in [4.69, 9.17) is 16.7 Å². The predicted molar refractivity (Wildman–Crippen MR) is 56.7 cm³/mol. The first-order valence-corrected chi connectivity index (χ1v) is 4.86. The van der Waals surface area contributed by atoms with Gasteiger partial charge in [-0.15, -0.1) is 0 Å². The molecule has 0 saturated carbocycles. The van der Waals surface area contributed by atoms with Crippen molar-refractivity contribution in [1.29, 1.82) is 0 Å². The fourth-order valence-electron chi connectivity index (χ4n) is 1.13. The molecule has 0 amide bonds. The van der Waals surface area contributed by atoms with E-state index < -0.39 is 17.8 Å². The van der Waals surface area contributed by atoms with E-state index >= 15 is 0 Å². The summed E-state index contributed by atoms with van der Waals surface area (Å²) in [6, 6.07) is 3.16. The zero-order valence-corrected chi connectivity index (χ0v) is 8.88. The Labute approximate surface area is 91.9 Å². The summed E-state index contributed by atoms with van der Waals surface area (Å²) in [6.07, 6.45) is 0.362. The fraction of sp³-hybridized carbons (Fsp3) is 0.300. The van der Waals surface area contributed by atoms with Crippen LogP contribution in [-0.4, -0.2) is 17.1 Å². The third kappa shape index (κ3) is 3.09. The lowest BCUT2D eigenvalue weighted by atomic mass is 10.2. The van der Waals surface area contributed by atoms with Gasteiger partial charge in [-0.3, -0.25) is 0 Å². The number of halogens is 2. The van der Waals surface area contributed by atoms with Crippen molar-refractivity contribution in [2.45, 2.75) is 19.4 Å². The SMILES string of the molecule is CCC(Nc1cc(Cl)ccc1F)C(=O)O. The van der Waals surface area contributed by atoms with Crippen LogP contribution in [0.4, 0.5) is 10.1 Å². The van der Waals surface area contributed by atoms with E-state index in [0.717, 1.165) is 0 Å². The van der Waals surface area contributed by atoms with E-state index in [0.29, 0.717) is 11.4 Å². The molecule has 82 valence electrons. The van der Waals surface area contributed by atoms with Crippen LogP contribution in [0.2, 0.25) is 5.02 Å². The van der Waals surface area contributed by atoms with Crippen molar-refractivity contribution in [2.24, 2.45) is 0 Å². The molecule has 2 N–H and O–H groups in total. The van der Waals surface area contributed by atoms with Crippen molar-refractivity contribution < 1.29 is 14.3 Å². The third-order valence-corrected chi connectivity index (χ3v) is 2.20. The maximum Gasteiger partial charge on any atom is 0.326 e. The molecule has 0 heterocycles. The summed E-state index contributed by atoms with van der Waals surface area (Å²) in [6.45, 7) is 1.70. The van der Waals surface area contributed by atoms with Crippen LogP contribution in [0.15, 0.2) is 18.2 Å². The Morgan fingerprint density at radius 1 is 1.67 bits per heavy atom. The number of hydrogen-bond donors (Lipinski definition) is 2. The molecule has 1 aromatic rings. The Bertz CT molecular complexity index is 370. The smallest absolute Gasteiger partial charge is 0.326 e. The molecule has 1 atom stereocenters. The fourth-order valence-corrected chi connectivity index (χ4v) is 1.31. The molecule has 0 aliphatic heterocycles. The number of rotatable bonds is 4. The summed E-state index contributed by atoms with van der Waals surface area (Å²) in [5, 5.41) is 11.7. The van der Waals surface area contributed by atoms with E-state index in [1.165, 1.54) is 18.2 Å². The lowest BCUT2D eigenvalue weighted by molar-refractivity contribution is -0.137. The molecular weight excluding hydrogens is 221 g/mol. The van der Waals surface area contributed by atoms with Crippen molar-refractivity contribution >= 4 is 23.3 Å². The van der Waals surface area contributed by atoms with Crippen molar-refractivity contribution in [2.75, 3.05) is 5.32 Å². The molecule has 0 aliphatic rings. The van der Waals surface area contributed by atoms with E-state index in [1.807, 2.05) is 0 Å². The topological polar surface area (TPSA) is 49.3 Å². The van der Waals surface area contributed by atoms with Gasteiger partial charge in [0.2, 0.25) is 0 Å². The second-order valence-electron chi connectivity index (χ2n) is 3.07. The van der Waals surface area contributed by atoms with E-state index in [1.54, 1.807) is 6.92 Å². The van der Waals surface area contributed by atoms with Gasteiger partial charge in [0.05, 0.1) is 5.69 Å². The quantitative estimate of drug-likeness (QED) is 0.838. The van der Waals surface area contributed by atoms with Crippen LogP contribution in [0.3, 0.4) is 0 Å². The summed E-state index contributed by atoms with van der Waals surface area (Å²) in [5.41, 5.74) is 0.108. The first-order valence-electron chi connectivity index (χ1n) is 4.49. The first kappa shape index (κ1) is 11.8. The average molecular weight is 232 g/mol. The number of hydrogen-bond acceptors (Lipinski definition) is 2. The number of nitrogens with one attached hydrogen (secondary N) is 1. The molecule has 0 radical (unpaired) electrons. The van der Waals surface area contributed by atoms with Gasteiger partial charge < -0.3 is 10.4 Å². The van der Waals surface area contributed by atoms with Crippen LogP contribution in [0.25, 0.3) is 0 Å². The maximum atomic E-state index is 13.2. The molecule has 3 nitrogen and oxygen atoms in total. The molecule has 0 aromatic heterocycles. The van der Waals surface area contributed by atoms with E-state index in [9.17, 15) is 9.18 Å². The third-order valence-electron chi connectivity index (χ3n) is 1.96. The summed E-state index contributed by atoms with van der Waals surface area (Å²) >= 11 is 5.67. The maximum absolute atomic E-state index is 13.2. The van der Waals surface area contributed by atoms with Gasteiger partial charge in [0.25, 0.3) is 0 Å². The Morgan fingerprint density at radius 2 is 2.33 bits per heavy atom. The van der Waals surface area contributed by atoms with E-state index in [2.05, 4.69) is 5.32 Å². The Balaban J connectivity index is 2.87. The number of aliphatic carboxylic acids is 1. The highest BCUT2D eigenvalue weighted by atomic mass is 35.5. The normalized spacial score (nSPS) is 12.2. The van der Waals surface area contributed by atoms with Crippen molar-refractivity contribution in [3.63, 3.8) is 0 Å². The Kier molecular flexibility index (Phi) is 3.91. The first-order chi connectivity index (χ1) is 7.04. The van der Waals surface area contributed by atoms with Crippen LogP contribution in [0.1, 0.15) is 13.3 Å². The summed E-state index contributed by atoms with van der Waals surface area (Å²) < 4.78 is 13.2. The van der Waals surface area contributed by atoms with Crippen LogP contribution in [0, 0.1) is 5.82 Å². The summed E-state index contributed by atoms with van der Waals surface area (Å²) in [5.74, 6) is -1.53. The van der Waals surface area contributed by atoms with Crippen molar-refractivity contribution in [3.05, 3.63) is 29.0 Å². The second kappa shape index (κ2) is 4.98. The standard InChI is InChI=1S/C10H11ClFNO2/c1-2-8(10(14)15)13-9-5-6(11)3-4-7(9)12/h3-5,8,13H,2H2,1H3,(H,14,15). The van der Waals surface area contributed by atoms with Crippen molar-refractivity contribution in [1.82, 2.24) is 0 Å². The predicted octanol–water partition coefficient (Wildman–Crippen LogP) is 2.75. The van der Waals surface area contributed by atoms with Crippen LogP contribution in [0.5, 0.6) is 0 Å². The number of carboxylic acids is 1. The highest BCUT2D eigenvalue weighted by Crippen LogP contribution is 2.20. The van der Waals surface area contributed by atoms with Gasteiger partial charge in [0.15, 0.2) is 0 Å². The highest BCUT2D eigenvalue weighted by Gasteiger charge is 2.16. The number of carboxylic acid groups (broad SMARTS) is 1. The number of carbonyl (C=O) groups is 1. The minimum absolute atomic E-state index is 0.108. The van der Waals surface area contributed by atoms with Crippen molar-refractivity contribution in [3.8, 4) is 0 Å². The van der Waals surface area contributed by atoms with Crippen LogP contribution in [-0.2, 0) is 4.79 Å².